The van der Waals surface area contributed by atoms with Crippen LogP contribution in [0.4, 0.5) is 14.6 Å². The number of thiazole rings is 1. The lowest BCUT2D eigenvalue weighted by molar-refractivity contribution is 0.473. The summed E-state index contributed by atoms with van der Waals surface area (Å²) in [5.41, 5.74) is 3.26. The van der Waals surface area contributed by atoms with Gasteiger partial charge in [-0.3, -0.25) is 9.71 Å². The largest absolute Gasteiger partial charge is 0.453 e. The van der Waals surface area contributed by atoms with Crippen molar-refractivity contribution in [2.24, 2.45) is 0 Å². The van der Waals surface area contributed by atoms with Crippen LogP contribution in [0, 0.1) is 11.8 Å². The number of pyridine rings is 2. The normalized spacial score (nSPS) is 11.3. The molecule has 1 N–H and O–H groups in total. The van der Waals surface area contributed by atoms with E-state index in [9.17, 15) is 17.2 Å². The summed E-state index contributed by atoms with van der Waals surface area (Å²) in [6.07, 6.45) is 7.04. The number of anilines is 1. The summed E-state index contributed by atoms with van der Waals surface area (Å²) in [5.74, 6) is -1.73. The average Bonchev–Trinajstić information content (AvgIpc) is 3.39. The van der Waals surface area contributed by atoms with Gasteiger partial charge in [-0.05, 0) is 18.2 Å². The molecule has 4 aromatic heterocycles. The van der Waals surface area contributed by atoms with Gasteiger partial charge in [-0.1, -0.05) is 11.6 Å². The monoisotopic (exact) mass is 558 g/mol. The minimum absolute atomic E-state index is 0.0517. The molecule has 186 valence electrons. The number of hydrogen-bond acceptors (Lipinski definition) is 9. The fourth-order valence-corrected chi connectivity index (χ4v) is 5.19. The molecule has 37 heavy (non-hydrogen) atoms. The van der Waals surface area contributed by atoms with Gasteiger partial charge >= 0.3 is 0 Å². The number of nitrogens with one attached hydrogen (secondary N) is 1. The van der Waals surface area contributed by atoms with Gasteiger partial charge in [0.05, 0.1) is 22.4 Å². The van der Waals surface area contributed by atoms with Crippen LogP contribution in [-0.2, 0) is 10.0 Å². The minimum atomic E-state index is -4.30. The summed E-state index contributed by atoms with van der Waals surface area (Å²) in [6.45, 7) is 0. The zero-order chi connectivity index (χ0) is 26.0. The van der Waals surface area contributed by atoms with Crippen molar-refractivity contribution in [1.29, 1.82) is 0 Å². The van der Waals surface area contributed by atoms with Crippen LogP contribution in [0.5, 0.6) is 11.5 Å². The molecule has 0 saturated carbocycles. The molecule has 0 spiro atoms. The molecule has 0 bridgehead atoms. The molecule has 0 atom stereocenters. The van der Waals surface area contributed by atoms with Crippen LogP contribution in [0.2, 0.25) is 5.02 Å². The van der Waals surface area contributed by atoms with Gasteiger partial charge in [0.2, 0.25) is 5.95 Å². The molecule has 14 heteroatoms. The van der Waals surface area contributed by atoms with Crippen molar-refractivity contribution in [1.82, 2.24) is 24.9 Å². The van der Waals surface area contributed by atoms with Crippen LogP contribution in [0.3, 0.4) is 0 Å². The van der Waals surface area contributed by atoms with E-state index in [0.717, 1.165) is 12.1 Å². The van der Waals surface area contributed by atoms with Crippen LogP contribution in [-0.4, -0.2) is 33.3 Å². The Labute approximate surface area is 217 Å². The maximum Gasteiger partial charge on any atom is 0.266 e. The van der Waals surface area contributed by atoms with Gasteiger partial charge in [0.25, 0.3) is 10.0 Å². The van der Waals surface area contributed by atoms with E-state index < -0.39 is 26.7 Å². The second kappa shape index (κ2) is 10.1. The molecule has 5 aromatic rings. The average molecular weight is 559 g/mol. The zero-order valence-electron chi connectivity index (χ0n) is 18.3. The summed E-state index contributed by atoms with van der Waals surface area (Å²) in [4.78, 5) is 19.0. The van der Waals surface area contributed by atoms with E-state index in [4.69, 9.17) is 16.3 Å². The van der Waals surface area contributed by atoms with Crippen LogP contribution in [0.1, 0.15) is 0 Å². The van der Waals surface area contributed by atoms with Crippen molar-refractivity contribution in [3.63, 3.8) is 0 Å². The minimum Gasteiger partial charge on any atom is -0.453 e. The Balaban J connectivity index is 1.53. The maximum absolute atomic E-state index is 15.0. The second-order valence-corrected chi connectivity index (χ2v) is 10.1. The molecule has 0 aliphatic rings. The summed E-state index contributed by atoms with van der Waals surface area (Å²) >= 11 is 7.46. The van der Waals surface area contributed by atoms with Crippen LogP contribution < -0.4 is 9.46 Å². The molecule has 9 nitrogen and oxygen atoms in total. The van der Waals surface area contributed by atoms with Gasteiger partial charge in [0.15, 0.2) is 11.6 Å². The van der Waals surface area contributed by atoms with Crippen LogP contribution in [0.15, 0.2) is 77.2 Å². The van der Waals surface area contributed by atoms with E-state index in [-0.39, 0.29) is 22.3 Å². The molecule has 0 radical (unpaired) electrons. The van der Waals surface area contributed by atoms with Crippen molar-refractivity contribution < 1.29 is 21.9 Å². The molecule has 0 amide bonds. The zero-order valence-corrected chi connectivity index (χ0v) is 20.7. The third-order valence-electron chi connectivity index (χ3n) is 4.93. The highest BCUT2D eigenvalue weighted by molar-refractivity contribution is 7.92. The molecular weight excluding hydrogens is 546 g/mol. The third-order valence-corrected chi connectivity index (χ3v) is 7.18. The van der Waals surface area contributed by atoms with Gasteiger partial charge in [-0.15, -0.1) is 11.3 Å². The van der Waals surface area contributed by atoms with Gasteiger partial charge < -0.3 is 4.74 Å². The SMILES string of the molecule is O=S(=O)(Nc1cscn1)c1cc(Cl)c(Oc2cnc(-c3ccnc(F)c3)cc2-c2cncnc2)cc1F. The first-order valence-corrected chi connectivity index (χ1v) is 13.1. The molecule has 1 aromatic carbocycles. The highest BCUT2D eigenvalue weighted by atomic mass is 35.5. The van der Waals surface area contributed by atoms with Gasteiger partial charge in [-0.2, -0.15) is 4.39 Å². The molecule has 0 unspecified atom stereocenters. The van der Waals surface area contributed by atoms with E-state index >= 15 is 0 Å². The van der Waals surface area contributed by atoms with Crippen molar-refractivity contribution >= 4 is 38.8 Å². The molecule has 4 heterocycles. The smallest absolute Gasteiger partial charge is 0.266 e. The lowest BCUT2D eigenvalue weighted by Crippen LogP contribution is -2.15. The topological polar surface area (TPSA) is 120 Å². The van der Waals surface area contributed by atoms with E-state index in [1.54, 1.807) is 12.1 Å². The van der Waals surface area contributed by atoms with Gasteiger partial charge in [-0.25, -0.2) is 32.7 Å². The van der Waals surface area contributed by atoms with Crippen molar-refractivity contribution in [2.75, 3.05) is 4.72 Å². The Kier molecular flexibility index (Phi) is 6.74. The third kappa shape index (κ3) is 5.38. The van der Waals surface area contributed by atoms with Crippen molar-refractivity contribution in [3.05, 3.63) is 89.1 Å². The first-order valence-electron chi connectivity index (χ1n) is 10.3. The summed E-state index contributed by atoms with van der Waals surface area (Å²) in [6, 6.07) is 6.22. The maximum atomic E-state index is 15.0. The molecule has 0 saturated heterocycles. The second-order valence-electron chi connectivity index (χ2n) is 7.35. The summed E-state index contributed by atoms with van der Waals surface area (Å²) < 4.78 is 61.9. The molecule has 0 fully saturated rings. The van der Waals surface area contributed by atoms with E-state index in [1.165, 1.54) is 59.4 Å². The van der Waals surface area contributed by atoms with Crippen LogP contribution >= 0.6 is 22.9 Å². The molecule has 5 rings (SSSR count). The number of rotatable bonds is 7. The lowest BCUT2D eigenvalue weighted by atomic mass is 10.1. The fourth-order valence-electron chi connectivity index (χ4n) is 3.28. The van der Waals surface area contributed by atoms with E-state index in [2.05, 4.69) is 29.6 Å². The highest BCUT2D eigenvalue weighted by Crippen LogP contribution is 2.39. The van der Waals surface area contributed by atoms with E-state index in [1.807, 2.05) is 0 Å². The Bertz CT molecular complexity index is 1690. The standard InChI is InChI=1S/C23H13ClF2N6O3S2/c24-16-5-21(37(33,34)32-23-10-36-12-31-23)17(25)6-19(16)35-20-9-30-18(13-1-2-29-22(26)3-13)4-15(20)14-7-27-11-28-8-14/h1-12,32H. The fraction of sp³-hybridized carbons (Fsp3) is 0. The number of ether oxygens (including phenoxy) is 1. The van der Waals surface area contributed by atoms with Crippen LogP contribution in [0.25, 0.3) is 22.4 Å². The quantitative estimate of drug-likeness (QED) is 0.257. The Morgan fingerprint density at radius 3 is 2.49 bits per heavy atom. The van der Waals surface area contributed by atoms with Crippen molar-refractivity contribution in [3.8, 4) is 33.9 Å². The first kappa shape index (κ1) is 24.6. The summed E-state index contributed by atoms with van der Waals surface area (Å²) in [7, 11) is -4.30. The number of aromatic nitrogens is 5. The number of sulfonamides is 1. The predicted molar refractivity (Wildman–Crippen MR) is 133 cm³/mol. The lowest BCUT2D eigenvalue weighted by Gasteiger charge is -2.15. The number of benzene rings is 1. The molecular formula is C23H13ClF2N6O3S2. The number of nitrogens with zero attached hydrogens (tertiary/aromatic N) is 5. The van der Waals surface area contributed by atoms with Crippen molar-refractivity contribution in [2.45, 2.75) is 4.90 Å². The molecule has 0 aliphatic carbocycles. The predicted octanol–water partition coefficient (Wildman–Crippen LogP) is 5.58. The highest BCUT2D eigenvalue weighted by Gasteiger charge is 2.23. The first-order chi connectivity index (χ1) is 17.8. The molecule has 0 aliphatic heterocycles. The Morgan fingerprint density at radius 1 is 0.946 bits per heavy atom. The van der Waals surface area contributed by atoms with Gasteiger partial charge in [0, 0.05) is 52.8 Å². The number of halogens is 3. The Morgan fingerprint density at radius 2 is 1.76 bits per heavy atom. The van der Waals surface area contributed by atoms with Gasteiger partial charge in [0.1, 0.15) is 22.8 Å². The number of hydrogen-bond donors (Lipinski definition) is 1. The summed E-state index contributed by atoms with van der Waals surface area (Å²) in [5, 5.41) is 1.29. The Hall–Kier alpha value is -4.07. The van der Waals surface area contributed by atoms with E-state index in [0.29, 0.717) is 22.4 Å².